The molecule has 0 saturated carbocycles. The van der Waals surface area contributed by atoms with Gasteiger partial charge < -0.3 is 19.7 Å². The molecule has 1 aliphatic rings. The van der Waals surface area contributed by atoms with Crippen molar-refractivity contribution in [3.05, 3.63) is 42.7 Å². The molecule has 1 saturated heterocycles. The van der Waals surface area contributed by atoms with Gasteiger partial charge in [-0.3, -0.25) is 9.36 Å². The quantitative estimate of drug-likeness (QED) is 0.668. The molecule has 1 fully saturated rings. The first-order valence-corrected chi connectivity index (χ1v) is 10.2. The monoisotopic (exact) mass is 413 g/mol. The predicted octanol–water partition coefficient (Wildman–Crippen LogP) is 3.20. The fourth-order valence-corrected chi connectivity index (χ4v) is 4.27. The van der Waals surface area contributed by atoms with Crippen LogP contribution in [0, 0.1) is 5.92 Å². The Morgan fingerprint density at radius 3 is 2.66 bits per heavy atom. The zero-order chi connectivity index (χ0) is 20.2. The molecule has 3 aromatic rings. The second-order valence-electron chi connectivity index (χ2n) is 6.80. The third-order valence-corrected chi connectivity index (χ3v) is 5.94. The van der Waals surface area contributed by atoms with Crippen LogP contribution >= 0.6 is 11.3 Å². The van der Waals surface area contributed by atoms with Gasteiger partial charge in [0.25, 0.3) is 0 Å². The zero-order valence-corrected chi connectivity index (χ0v) is 17.2. The molecule has 1 N–H and O–H groups in total. The highest BCUT2D eigenvalue weighted by Crippen LogP contribution is 2.31. The second-order valence-corrected chi connectivity index (χ2v) is 7.74. The number of methoxy groups -OCH3 is 2. The minimum atomic E-state index is -0.115. The van der Waals surface area contributed by atoms with Crippen LogP contribution in [0.25, 0.3) is 5.13 Å². The zero-order valence-electron chi connectivity index (χ0n) is 16.4. The Kier molecular flexibility index (Phi) is 5.66. The lowest BCUT2D eigenvalue weighted by Crippen LogP contribution is -2.40. The molecule has 4 rings (SSSR count). The summed E-state index contributed by atoms with van der Waals surface area (Å²) in [5, 5.41) is 13.3. The lowest BCUT2D eigenvalue weighted by Gasteiger charge is -2.31. The van der Waals surface area contributed by atoms with Crippen LogP contribution < -0.4 is 19.7 Å². The van der Waals surface area contributed by atoms with E-state index in [1.54, 1.807) is 26.4 Å². The third kappa shape index (κ3) is 4.19. The minimum absolute atomic E-state index is 0.00271. The highest BCUT2D eigenvalue weighted by atomic mass is 32.1. The number of carbonyl (C=O) groups excluding carboxylic acids is 1. The van der Waals surface area contributed by atoms with E-state index in [1.807, 2.05) is 35.2 Å². The summed E-state index contributed by atoms with van der Waals surface area (Å²) < 4.78 is 12.5. The Hall–Kier alpha value is -3.07. The van der Waals surface area contributed by atoms with Gasteiger partial charge in [0.05, 0.1) is 20.1 Å². The van der Waals surface area contributed by atoms with Crippen molar-refractivity contribution in [1.29, 1.82) is 0 Å². The highest BCUT2D eigenvalue weighted by Gasteiger charge is 2.28. The molecular weight excluding hydrogens is 390 g/mol. The van der Waals surface area contributed by atoms with Gasteiger partial charge in [-0.2, -0.15) is 0 Å². The van der Waals surface area contributed by atoms with Crippen molar-refractivity contribution in [1.82, 2.24) is 14.8 Å². The fourth-order valence-electron chi connectivity index (χ4n) is 3.43. The number of nitrogens with zero attached hydrogens (tertiary/aromatic N) is 4. The average Bonchev–Trinajstić information content (AvgIpc) is 3.45. The van der Waals surface area contributed by atoms with E-state index in [9.17, 15) is 4.79 Å². The lowest BCUT2D eigenvalue weighted by atomic mass is 9.97. The number of carbonyl (C=O) groups is 1. The molecule has 9 heteroatoms. The molecular formula is C20H23N5O3S. The van der Waals surface area contributed by atoms with E-state index in [2.05, 4.69) is 20.4 Å². The smallest absolute Gasteiger partial charge is 0.229 e. The summed E-state index contributed by atoms with van der Waals surface area (Å²) in [5.74, 6) is 1.10. The van der Waals surface area contributed by atoms with E-state index in [1.165, 1.54) is 11.3 Å². The Balaban J connectivity index is 1.42. The summed E-state index contributed by atoms with van der Waals surface area (Å²) in [5.41, 5.74) is 0.690. The Bertz CT molecular complexity index is 972. The lowest BCUT2D eigenvalue weighted by molar-refractivity contribution is -0.120. The molecule has 2 aromatic heterocycles. The Morgan fingerprint density at radius 2 is 1.90 bits per heavy atom. The number of benzene rings is 1. The van der Waals surface area contributed by atoms with Crippen LogP contribution in [0.1, 0.15) is 12.8 Å². The first-order chi connectivity index (χ1) is 14.2. The molecule has 0 radical (unpaired) electrons. The van der Waals surface area contributed by atoms with E-state index in [-0.39, 0.29) is 11.8 Å². The normalized spacial score (nSPS) is 16.5. The van der Waals surface area contributed by atoms with Crippen LogP contribution in [0.2, 0.25) is 0 Å². The maximum Gasteiger partial charge on any atom is 0.229 e. The predicted molar refractivity (Wildman–Crippen MR) is 112 cm³/mol. The first-order valence-electron chi connectivity index (χ1n) is 9.42. The molecule has 1 atom stereocenters. The maximum absolute atomic E-state index is 12.8. The molecule has 152 valence electrons. The van der Waals surface area contributed by atoms with Crippen molar-refractivity contribution in [2.75, 3.05) is 37.5 Å². The largest absolute Gasteiger partial charge is 0.493 e. The van der Waals surface area contributed by atoms with Crippen LogP contribution in [0.3, 0.4) is 0 Å². The molecule has 0 unspecified atom stereocenters. The van der Waals surface area contributed by atoms with E-state index in [0.717, 1.165) is 29.6 Å². The standard InChI is InChI=1S/C20H23N5O3S/c1-27-16-8-7-15(12-17(16)28-2)21-18(26)14-6-5-11-25(13-14)20-23-22-19(29-20)24-9-3-4-10-24/h3-4,7-10,12,14H,5-6,11,13H2,1-2H3,(H,21,26)/t14-/m0/s1. The fraction of sp³-hybridized carbons (Fsp3) is 0.350. The minimum Gasteiger partial charge on any atom is -0.493 e. The van der Waals surface area contributed by atoms with Crippen LogP contribution in [0.5, 0.6) is 11.5 Å². The van der Waals surface area contributed by atoms with Gasteiger partial charge >= 0.3 is 0 Å². The highest BCUT2D eigenvalue weighted by molar-refractivity contribution is 7.17. The van der Waals surface area contributed by atoms with Crippen LogP contribution in [0.4, 0.5) is 10.8 Å². The number of hydrogen-bond donors (Lipinski definition) is 1. The second kappa shape index (κ2) is 8.52. The van der Waals surface area contributed by atoms with Crippen LogP contribution in [-0.2, 0) is 4.79 Å². The molecule has 29 heavy (non-hydrogen) atoms. The van der Waals surface area contributed by atoms with E-state index in [4.69, 9.17) is 9.47 Å². The van der Waals surface area contributed by atoms with Gasteiger partial charge in [-0.05, 0) is 37.1 Å². The van der Waals surface area contributed by atoms with Crippen molar-refractivity contribution in [2.45, 2.75) is 12.8 Å². The SMILES string of the molecule is COc1ccc(NC(=O)[C@H]2CCCN(c3nnc(-n4cccc4)s3)C2)cc1OC. The summed E-state index contributed by atoms with van der Waals surface area (Å²) in [6.45, 7) is 1.50. The molecule has 1 amide bonds. The van der Waals surface area contributed by atoms with E-state index < -0.39 is 0 Å². The third-order valence-electron chi connectivity index (χ3n) is 4.94. The van der Waals surface area contributed by atoms with Gasteiger partial charge in [-0.1, -0.05) is 11.3 Å². The molecule has 1 aliphatic heterocycles. The maximum atomic E-state index is 12.8. The van der Waals surface area contributed by atoms with Crippen molar-refractivity contribution in [3.63, 3.8) is 0 Å². The number of anilines is 2. The summed E-state index contributed by atoms with van der Waals surface area (Å²) in [6.07, 6.45) is 5.67. The molecule has 0 aliphatic carbocycles. The summed E-state index contributed by atoms with van der Waals surface area (Å²) in [7, 11) is 3.16. The van der Waals surface area contributed by atoms with Crippen molar-refractivity contribution in [3.8, 4) is 16.6 Å². The molecule has 0 spiro atoms. The number of piperidine rings is 1. The van der Waals surface area contributed by atoms with Crippen LogP contribution in [0.15, 0.2) is 42.7 Å². The topological polar surface area (TPSA) is 81.5 Å². The number of rotatable bonds is 6. The molecule has 8 nitrogen and oxygen atoms in total. The van der Waals surface area contributed by atoms with Crippen molar-refractivity contribution >= 4 is 28.1 Å². The molecule has 1 aromatic carbocycles. The van der Waals surface area contributed by atoms with E-state index >= 15 is 0 Å². The van der Waals surface area contributed by atoms with Gasteiger partial charge in [0, 0.05) is 37.2 Å². The van der Waals surface area contributed by atoms with E-state index in [0.29, 0.717) is 23.7 Å². The van der Waals surface area contributed by atoms with Gasteiger partial charge in [0.1, 0.15) is 0 Å². The number of aromatic nitrogens is 3. The number of ether oxygens (including phenoxy) is 2. The number of hydrogen-bond acceptors (Lipinski definition) is 7. The summed E-state index contributed by atoms with van der Waals surface area (Å²) in [4.78, 5) is 15.0. The van der Waals surface area contributed by atoms with Gasteiger partial charge in [-0.25, -0.2) is 0 Å². The Morgan fingerprint density at radius 1 is 1.14 bits per heavy atom. The number of amides is 1. The van der Waals surface area contributed by atoms with Gasteiger partial charge in [-0.15, -0.1) is 10.2 Å². The summed E-state index contributed by atoms with van der Waals surface area (Å²) >= 11 is 1.53. The first kappa shape index (κ1) is 19.3. The molecule has 0 bridgehead atoms. The Labute approximate surface area is 173 Å². The molecule has 3 heterocycles. The van der Waals surface area contributed by atoms with Gasteiger partial charge in [0.15, 0.2) is 11.5 Å². The van der Waals surface area contributed by atoms with Crippen LogP contribution in [-0.4, -0.2) is 48.0 Å². The van der Waals surface area contributed by atoms with Gasteiger partial charge in [0.2, 0.25) is 16.2 Å². The summed E-state index contributed by atoms with van der Waals surface area (Å²) in [6, 6.07) is 9.28. The average molecular weight is 414 g/mol. The van der Waals surface area contributed by atoms with Crippen molar-refractivity contribution in [2.24, 2.45) is 5.92 Å². The number of nitrogens with one attached hydrogen (secondary N) is 1. The van der Waals surface area contributed by atoms with Crippen molar-refractivity contribution < 1.29 is 14.3 Å².